The Morgan fingerprint density at radius 1 is 0.575 bits per heavy atom. The number of rotatable bonds is 2. The topological polar surface area (TPSA) is 23.0 Å². The van der Waals surface area contributed by atoms with Gasteiger partial charge in [0.05, 0.1) is 16.7 Å². The second-order valence-corrected chi connectivity index (χ2v) is 11.0. The van der Waals surface area contributed by atoms with E-state index >= 15 is 0 Å². The Balaban J connectivity index is 1.43. The van der Waals surface area contributed by atoms with Gasteiger partial charge in [0.2, 0.25) is 0 Å². The highest BCUT2D eigenvalue weighted by molar-refractivity contribution is 6.08. The Morgan fingerprint density at radius 2 is 1.23 bits per heavy atom. The van der Waals surface area contributed by atoms with Gasteiger partial charge in [-0.1, -0.05) is 79.7 Å². The summed E-state index contributed by atoms with van der Waals surface area (Å²) in [7, 11) is 0. The van der Waals surface area contributed by atoms with E-state index in [4.69, 9.17) is 4.42 Å². The highest BCUT2D eigenvalue weighted by Gasteiger charge is 2.34. The third-order valence-corrected chi connectivity index (χ3v) is 8.75. The fraction of sp³-hybridized carbons (Fsp3) is 0.0811. The molecule has 0 bridgehead atoms. The summed E-state index contributed by atoms with van der Waals surface area (Å²) in [6.07, 6.45) is 0.991. The smallest absolute Gasteiger partial charge is 0.135 e. The SMILES string of the molecule is CC1Cc2c(c3ccccc3n2-c2ccccc2)-c2c1c1ccccc1n2-c1ccc2oc3ccccc3c2c1. The van der Waals surface area contributed by atoms with Gasteiger partial charge in [0.15, 0.2) is 0 Å². The van der Waals surface area contributed by atoms with E-state index in [2.05, 4.69) is 125 Å². The minimum absolute atomic E-state index is 0.374. The molecule has 0 amide bonds. The minimum atomic E-state index is 0.374. The molecule has 0 saturated carbocycles. The fourth-order valence-electron chi connectivity index (χ4n) is 7.15. The average Bonchev–Trinajstić information content (AvgIpc) is 3.65. The lowest BCUT2D eigenvalue weighted by molar-refractivity contribution is 0.669. The second kappa shape index (κ2) is 8.00. The van der Waals surface area contributed by atoms with Crippen LogP contribution in [0.5, 0.6) is 0 Å². The Bertz CT molecular complexity index is 2260. The number of aromatic nitrogens is 2. The van der Waals surface area contributed by atoms with Crippen LogP contribution < -0.4 is 0 Å². The van der Waals surface area contributed by atoms with Gasteiger partial charge in [0.1, 0.15) is 11.2 Å². The highest BCUT2D eigenvalue weighted by Crippen LogP contribution is 2.50. The van der Waals surface area contributed by atoms with Crippen molar-refractivity contribution in [3.63, 3.8) is 0 Å². The molecule has 5 aromatic carbocycles. The van der Waals surface area contributed by atoms with Crippen LogP contribution in [-0.2, 0) is 6.42 Å². The van der Waals surface area contributed by atoms with E-state index in [1.807, 2.05) is 12.1 Å². The Morgan fingerprint density at radius 3 is 2.05 bits per heavy atom. The van der Waals surface area contributed by atoms with Crippen LogP contribution >= 0.6 is 0 Å². The lowest BCUT2D eigenvalue weighted by atomic mass is 9.84. The fourth-order valence-corrected chi connectivity index (χ4v) is 7.15. The molecule has 3 heterocycles. The quantitative estimate of drug-likeness (QED) is 0.225. The summed E-state index contributed by atoms with van der Waals surface area (Å²) < 4.78 is 11.2. The molecule has 0 aliphatic heterocycles. The number of hydrogen-bond donors (Lipinski definition) is 0. The van der Waals surface area contributed by atoms with E-state index in [9.17, 15) is 0 Å². The molecular formula is C37H26N2O. The molecule has 190 valence electrons. The van der Waals surface area contributed by atoms with Gasteiger partial charge in [0.25, 0.3) is 0 Å². The third kappa shape index (κ3) is 2.84. The predicted molar refractivity (Wildman–Crippen MR) is 165 cm³/mol. The summed E-state index contributed by atoms with van der Waals surface area (Å²) >= 11 is 0. The highest BCUT2D eigenvalue weighted by atomic mass is 16.3. The Hall–Kier alpha value is -5.02. The molecule has 0 radical (unpaired) electrons. The van der Waals surface area contributed by atoms with Gasteiger partial charge in [-0.25, -0.2) is 0 Å². The molecule has 9 rings (SSSR count). The van der Waals surface area contributed by atoms with Crippen molar-refractivity contribution < 1.29 is 4.42 Å². The van der Waals surface area contributed by atoms with Crippen LogP contribution in [0.15, 0.2) is 126 Å². The second-order valence-electron chi connectivity index (χ2n) is 11.0. The molecule has 0 saturated heterocycles. The molecule has 1 aliphatic rings. The van der Waals surface area contributed by atoms with Gasteiger partial charge in [-0.2, -0.15) is 0 Å². The summed E-state index contributed by atoms with van der Waals surface area (Å²) in [5, 5.41) is 4.94. The number of hydrogen-bond acceptors (Lipinski definition) is 1. The molecule has 0 N–H and O–H groups in total. The summed E-state index contributed by atoms with van der Waals surface area (Å²) in [5.74, 6) is 0.374. The van der Waals surface area contributed by atoms with Crippen molar-refractivity contribution in [1.29, 1.82) is 0 Å². The van der Waals surface area contributed by atoms with Crippen LogP contribution in [0.25, 0.3) is 66.4 Å². The van der Waals surface area contributed by atoms with Crippen molar-refractivity contribution in [2.45, 2.75) is 19.3 Å². The lowest BCUT2D eigenvalue weighted by Gasteiger charge is -2.24. The van der Waals surface area contributed by atoms with Crippen LogP contribution in [0.4, 0.5) is 0 Å². The molecule has 1 unspecified atom stereocenters. The number of benzene rings is 5. The van der Waals surface area contributed by atoms with E-state index in [1.54, 1.807) is 0 Å². The summed E-state index contributed by atoms with van der Waals surface area (Å²) in [4.78, 5) is 0. The maximum atomic E-state index is 6.20. The van der Waals surface area contributed by atoms with Gasteiger partial charge < -0.3 is 13.6 Å². The number of nitrogens with zero attached hydrogens (tertiary/aromatic N) is 2. The summed E-state index contributed by atoms with van der Waals surface area (Å²) in [6, 6.07) is 43.6. The minimum Gasteiger partial charge on any atom is -0.456 e. The third-order valence-electron chi connectivity index (χ3n) is 8.75. The first-order valence-corrected chi connectivity index (χ1v) is 14.0. The van der Waals surface area contributed by atoms with Crippen LogP contribution in [-0.4, -0.2) is 9.13 Å². The summed E-state index contributed by atoms with van der Waals surface area (Å²) in [6.45, 7) is 2.39. The van der Waals surface area contributed by atoms with Crippen molar-refractivity contribution in [2.75, 3.05) is 0 Å². The molecular weight excluding hydrogens is 488 g/mol. The zero-order valence-electron chi connectivity index (χ0n) is 22.1. The zero-order chi connectivity index (χ0) is 26.4. The first-order chi connectivity index (χ1) is 19.8. The maximum absolute atomic E-state index is 6.20. The average molecular weight is 515 g/mol. The predicted octanol–water partition coefficient (Wildman–Crippen LogP) is 9.80. The lowest BCUT2D eigenvalue weighted by Crippen LogP contribution is -2.12. The van der Waals surface area contributed by atoms with Crippen LogP contribution in [0, 0.1) is 0 Å². The van der Waals surface area contributed by atoms with E-state index in [1.165, 1.54) is 50.0 Å². The van der Waals surface area contributed by atoms with Gasteiger partial charge >= 0.3 is 0 Å². The van der Waals surface area contributed by atoms with Crippen molar-refractivity contribution in [1.82, 2.24) is 9.13 Å². The first-order valence-electron chi connectivity index (χ1n) is 14.0. The largest absolute Gasteiger partial charge is 0.456 e. The van der Waals surface area contributed by atoms with Gasteiger partial charge in [0, 0.05) is 44.2 Å². The molecule has 1 aliphatic carbocycles. The molecule has 3 nitrogen and oxygen atoms in total. The molecule has 40 heavy (non-hydrogen) atoms. The van der Waals surface area contributed by atoms with E-state index in [-0.39, 0.29) is 0 Å². The van der Waals surface area contributed by atoms with Crippen molar-refractivity contribution in [3.05, 3.63) is 133 Å². The Labute approximate surface area is 231 Å². The molecule has 0 spiro atoms. The van der Waals surface area contributed by atoms with Crippen LogP contribution in [0.2, 0.25) is 0 Å². The first kappa shape index (κ1) is 21.9. The standard InChI is InChI=1S/C37H26N2O/c1-23-21-32-36(28-15-6-8-16-30(28)38(32)24-11-3-2-4-12-24)37-35(23)27-14-5-9-17-31(27)39(37)25-19-20-34-29(22-25)26-13-7-10-18-33(26)40-34/h2-20,22-23H,21H2,1H3. The monoisotopic (exact) mass is 514 g/mol. The van der Waals surface area contributed by atoms with Crippen LogP contribution in [0.3, 0.4) is 0 Å². The van der Waals surface area contributed by atoms with E-state index < -0.39 is 0 Å². The molecule has 1 atom stereocenters. The molecule has 8 aromatic rings. The molecule has 0 fully saturated rings. The van der Waals surface area contributed by atoms with E-state index in [0.717, 1.165) is 34.0 Å². The van der Waals surface area contributed by atoms with Gasteiger partial charge in [-0.05, 0) is 66.4 Å². The van der Waals surface area contributed by atoms with Crippen molar-refractivity contribution in [3.8, 4) is 22.6 Å². The maximum Gasteiger partial charge on any atom is 0.135 e. The number of fused-ring (bicyclic) bond motifs is 10. The van der Waals surface area contributed by atoms with Crippen molar-refractivity contribution >= 4 is 43.7 Å². The molecule has 3 aromatic heterocycles. The number of furan rings is 1. The Kier molecular flexibility index (Phi) is 4.37. The van der Waals surface area contributed by atoms with E-state index in [0.29, 0.717) is 5.92 Å². The summed E-state index contributed by atoms with van der Waals surface area (Å²) in [5.41, 5.74) is 12.2. The van der Waals surface area contributed by atoms with Gasteiger partial charge in [-0.15, -0.1) is 0 Å². The zero-order valence-corrected chi connectivity index (χ0v) is 22.1. The number of para-hydroxylation sites is 4. The normalized spacial score (nSPS) is 14.8. The van der Waals surface area contributed by atoms with Crippen molar-refractivity contribution in [2.24, 2.45) is 0 Å². The molecule has 3 heteroatoms. The van der Waals surface area contributed by atoms with Crippen LogP contribution in [0.1, 0.15) is 24.1 Å². The van der Waals surface area contributed by atoms with Gasteiger partial charge in [-0.3, -0.25) is 0 Å².